The van der Waals surface area contributed by atoms with Gasteiger partial charge in [-0.3, -0.25) is 4.79 Å². The van der Waals surface area contributed by atoms with Crippen LogP contribution in [0.2, 0.25) is 0 Å². The molecule has 0 radical (unpaired) electrons. The number of aryl methyl sites for hydroxylation is 2. The quantitative estimate of drug-likeness (QED) is 0.0829. The predicted molar refractivity (Wildman–Crippen MR) is 189 cm³/mol. The average molecular weight is 624 g/mol. The zero-order valence-corrected chi connectivity index (χ0v) is 27.0. The Morgan fingerprint density at radius 1 is 0.638 bits per heavy atom. The van der Waals surface area contributed by atoms with Gasteiger partial charge in [-0.1, -0.05) is 90.0 Å². The second-order valence-corrected chi connectivity index (χ2v) is 11.1. The highest BCUT2D eigenvalue weighted by Crippen LogP contribution is 2.35. The monoisotopic (exact) mass is 623 g/mol. The molecular weight excluding hydrogens is 586 g/mol. The van der Waals surface area contributed by atoms with Gasteiger partial charge in [-0.25, -0.2) is 4.79 Å². The van der Waals surface area contributed by atoms with Gasteiger partial charge in [-0.2, -0.15) is 0 Å². The molecule has 6 heteroatoms. The number of anilines is 3. The molecule has 0 aliphatic heterocycles. The lowest BCUT2D eigenvalue weighted by molar-refractivity contribution is -0.120. The zero-order valence-electron chi connectivity index (χ0n) is 27.0. The van der Waals surface area contributed by atoms with E-state index in [1.54, 1.807) is 19.2 Å². The highest BCUT2D eigenvalue weighted by molar-refractivity contribution is 5.83. The summed E-state index contributed by atoms with van der Waals surface area (Å²) in [5.41, 5.74) is 9.63. The Kier molecular flexibility index (Phi) is 10.7. The minimum atomic E-state index is -0.923. The molecule has 5 aromatic rings. The molecule has 47 heavy (non-hydrogen) atoms. The van der Waals surface area contributed by atoms with Gasteiger partial charge in [0.15, 0.2) is 12.4 Å². The number of hydrogen-bond donors (Lipinski definition) is 0. The van der Waals surface area contributed by atoms with Crippen molar-refractivity contribution in [3.05, 3.63) is 161 Å². The summed E-state index contributed by atoms with van der Waals surface area (Å²) in [5.74, 6) is 0.821. The van der Waals surface area contributed by atoms with Crippen molar-refractivity contribution >= 4 is 40.6 Å². The highest BCUT2D eigenvalue weighted by atomic mass is 16.7. The van der Waals surface area contributed by atoms with Crippen LogP contribution in [0.15, 0.2) is 133 Å². The summed E-state index contributed by atoms with van der Waals surface area (Å²) in [5, 5.41) is 0. The molecule has 0 heterocycles. The third-order valence-electron chi connectivity index (χ3n) is 7.45. The lowest BCUT2D eigenvalue weighted by atomic mass is 9.97. The Balaban J connectivity index is 1.39. The summed E-state index contributed by atoms with van der Waals surface area (Å²) >= 11 is 0. The summed E-state index contributed by atoms with van der Waals surface area (Å²) in [7, 11) is 1.64. The van der Waals surface area contributed by atoms with Crippen LogP contribution in [-0.4, -0.2) is 25.7 Å². The molecule has 0 spiro atoms. The first-order valence-electron chi connectivity index (χ1n) is 15.3. The van der Waals surface area contributed by atoms with E-state index in [2.05, 4.69) is 104 Å². The number of hydrogen-bond acceptors (Lipinski definition) is 6. The number of Topliss-reactive ketones (excluding diaryl/α,β-unsaturated/α-hetero) is 1. The van der Waals surface area contributed by atoms with Crippen LogP contribution in [0, 0.1) is 13.8 Å². The standard InChI is InChI=1S/C41H37NO5/c1-29-8-18-35(19-9-29)42(36-20-10-30(2)11-21-36)37-22-12-32(13-23-37)6-5-7-40(33-14-24-38(45-4)25-15-33)34-16-26-39(27-17-34)47-41(44)46-28-31(3)43/h5-27H,28H2,1-4H3. The maximum atomic E-state index is 11.9. The highest BCUT2D eigenvalue weighted by Gasteiger charge is 2.13. The van der Waals surface area contributed by atoms with Crippen molar-refractivity contribution in [2.24, 2.45) is 0 Å². The second kappa shape index (κ2) is 15.4. The number of allylic oxidation sites excluding steroid dienone is 2. The molecule has 0 N–H and O–H groups in total. The predicted octanol–water partition coefficient (Wildman–Crippen LogP) is 10.0. The van der Waals surface area contributed by atoms with Gasteiger partial charge in [0, 0.05) is 17.1 Å². The smallest absolute Gasteiger partial charge is 0.497 e. The zero-order chi connectivity index (χ0) is 33.2. The average Bonchev–Trinajstić information content (AvgIpc) is 3.09. The normalized spacial score (nSPS) is 11.3. The van der Waals surface area contributed by atoms with Crippen LogP contribution in [0.25, 0.3) is 11.6 Å². The molecule has 0 aromatic heterocycles. The van der Waals surface area contributed by atoms with E-state index in [1.807, 2.05) is 42.5 Å². The summed E-state index contributed by atoms with van der Waals surface area (Å²) in [4.78, 5) is 25.2. The maximum absolute atomic E-state index is 11.9. The molecule has 0 fully saturated rings. The number of carbonyl (C=O) groups excluding carboxylic acids is 2. The fourth-order valence-electron chi connectivity index (χ4n) is 4.94. The SMILES string of the molecule is COc1ccc(C(=CC=Cc2ccc(N(c3ccc(C)cc3)c3ccc(C)cc3)cc2)c2ccc(OC(=O)OCC(C)=O)cc2)cc1. The van der Waals surface area contributed by atoms with Gasteiger partial charge >= 0.3 is 6.16 Å². The molecule has 5 aromatic carbocycles. The Labute approximate surface area is 276 Å². The van der Waals surface area contributed by atoms with E-state index in [0.717, 1.165) is 45.1 Å². The second-order valence-electron chi connectivity index (χ2n) is 11.1. The van der Waals surface area contributed by atoms with Crippen LogP contribution < -0.4 is 14.4 Å². The van der Waals surface area contributed by atoms with Crippen LogP contribution in [0.5, 0.6) is 11.5 Å². The molecule has 0 bridgehead atoms. The van der Waals surface area contributed by atoms with Gasteiger partial charge in [0.25, 0.3) is 0 Å². The molecule has 0 aliphatic rings. The minimum absolute atomic E-state index is 0.262. The Hall–Kier alpha value is -5.88. The molecule has 0 unspecified atom stereocenters. The van der Waals surface area contributed by atoms with Crippen molar-refractivity contribution < 1.29 is 23.8 Å². The fraction of sp³-hybridized carbons (Fsp3) is 0.122. The van der Waals surface area contributed by atoms with Crippen molar-refractivity contribution in [1.29, 1.82) is 0 Å². The van der Waals surface area contributed by atoms with Crippen LogP contribution in [0.1, 0.15) is 34.7 Å². The molecular formula is C41H37NO5. The molecule has 6 nitrogen and oxygen atoms in total. The van der Waals surface area contributed by atoms with Crippen LogP contribution in [0.4, 0.5) is 21.9 Å². The summed E-state index contributed by atoms with van der Waals surface area (Å²) < 4.78 is 15.4. The molecule has 0 aliphatic carbocycles. The van der Waals surface area contributed by atoms with Gasteiger partial charge in [0.1, 0.15) is 11.5 Å². The van der Waals surface area contributed by atoms with Crippen molar-refractivity contribution in [1.82, 2.24) is 0 Å². The number of nitrogens with zero attached hydrogens (tertiary/aromatic N) is 1. The van der Waals surface area contributed by atoms with Gasteiger partial charge in [-0.05, 0) is 104 Å². The van der Waals surface area contributed by atoms with Gasteiger partial charge in [0.2, 0.25) is 0 Å². The molecule has 5 rings (SSSR count). The third-order valence-corrected chi connectivity index (χ3v) is 7.45. The molecule has 0 atom stereocenters. The summed E-state index contributed by atoms with van der Waals surface area (Å²) in [6.07, 6.45) is 5.22. The van der Waals surface area contributed by atoms with Crippen molar-refractivity contribution in [2.75, 3.05) is 18.6 Å². The summed E-state index contributed by atoms with van der Waals surface area (Å²) in [6, 6.07) is 40.6. The van der Waals surface area contributed by atoms with E-state index in [0.29, 0.717) is 5.75 Å². The number of benzene rings is 5. The Morgan fingerprint density at radius 2 is 1.11 bits per heavy atom. The molecule has 0 saturated carbocycles. The Morgan fingerprint density at radius 3 is 1.57 bits per heavy atom. The first-order chi connectivity index (χ1) is 22.8. The molecule has 0 saturated heterocycles. The van der Waals surface area contributed by atoms with E-state index >= 15 is 0 Å². The summed E-state index contributed by atoms with van der Waals surface area (Å²) in [6.45, 7) is 5.20. The topological polar surface area (TPSA) is 65.1 Å². The van der Waals surface area contributed by atoms with Gasteiger partial charge < -0.3 is 19.1 Å². The van der Waals surface area contributed by atoms with Gasteiger partial charge in [-0.15, -0.1) is 0 Å². The number of ketones is 1. The van der Waals surface area contributed by atoms with Crippen LogP contribution in [0.3, 0.4) is 0 Å². The largest absolute Gasteiger partial charge is 0.514 e. The number of methoxy groups -OCH3 is 1. The van der Waals surface area contributed by atoms with Gasteiger partial charge in [0.05, 0.1) is 7.11 Å². The van der Waals surface area contributed by atoms with Crippen molar-refractivity contribution in [2.45, 2.75) is 20.8 Å². The molecule has 0 amide bonds. The van der Waals surface area contributed by atoms with E-state index < -0.39 is 6.16 Å². The maximum Gasteiger partial charge on any atom is 0.514 e. The number of carbonyl (C=O) groups is 2. The third kappa shape index (κ3) is 8.86. The number of rotatable bonds is 11. The van der Waals surface area contributed by atoms with E-state index in [-0.39, 0.29) is 12.4 Å². The minimum Gasteiger partial charge on any atom is -0.497 e. The lowest BCUT2D eigenvalue weighted by Crippen LogP contribution is -2.15. The van der Waals surface area contributed by atoms with E-state index in [4.69, 9.17) is 14.2 Å². The van der Waals surface area contributed by atoms with Crippen LogP contribution in [-0.2, 0) is 9.53 Å². The van der Waals surface area contributed by atoms with E-state index in [1.165, 1.54) is 18.1 Å². The first-order valence-corrected chi connectivity index (χ1v) is 15.3. The van der Waals surface area contributed by atoms with Crippen LogP contribution >= 0.6 is 0 Å². The van der Waals surface area contributed by atoms with E-state index in [9.17, 15) is 9.59 Å². The molecule has 236 valence electrons. The fourth-order valence-corrected chi connectivity index (χ4v) is 4.94. The Bertz CT molecular complexity index is 1810. The number of ether oxygens (including phenoxy) is 3. The first kappa shape index (κ1) is 32.5. The van der Waals surface area contributed by atoms with Crippen molar-refractivity contribution in [3.8, 4) is 11.5 Å². The van der Waals surface area contributed by atoms with Crippen molar-refractivity contribution in [3.63, 3.8) is 0 Å². The lowest BCUT2D eigenvalue weighted by Gasteiger charge is -2.25.